The second kappa shape index (κ2) is 9.31. The number of amides is 3. The van der Waals surface area contributed by atoms with E-state index >= 15 is 0 Å². The third-order valence-corrected chi connectivity index (χ3v) is 5.70. The van der Waals surface area contributed by atoms with Crippen LogP contribution in [0.15, 0.2) is 70.0 Å². The molecule has 1 aliphatic rings. The molecule has 0 aliphatic carbocycles. The van der Waals surface area contributed by atoms with Crippen LogP contribution in [0.25, 0.3) is 17.4 Å². The molecule has 2 aromatic carbocycles. The smallest absolute Gasteiger partial charge is 0.294 e. The quantitative estimate of drug-likeness (QED) is 0.291. The second-order valence-electron chi connectivity index (χ2n) is 6.83. The first-order valence-corrected chi connectivity index (χ1v) is 10.6. The summed E-state index contributed by atoms with van der Waals surface area (Å²) in [5.74, 6) is -0.504. The Balaban J connectivity index is 1.45. The van der Waals surface area contributed by atoms with E-state index in [1.54, 1.807) is 42.5 Å². The number of carbonyl (C=O) groups excluding carboxylic acids is 3. The van der Waals surface area contributed by atoms with Crippen LogP contribution in [0, 0.1) is 10.1 Å². The van der Waals surface area contributed by atoms with Gasteiger partial charge in [-0.3, -0.25) is 29.4 Å². The van der Waals surface area contributed by atoms with Crippen LogP contribution in [0.5, 0.6) is 0 Å². The fraction of sp³-hybridized carbons (Fsp3) is 0.0455. The highest BCUT2D eigenvalue weighted by Gasteiger charge is 2.36. The number of imide groups is 1. The van der Waals surface area contributed by atoms with Gasteiger partial charge in [0.25, 0.3) is 16.8 Å². The monoisotopic (exact) mass is 483 g/mol. The first-order chi connectivity index (χ1) is 15.8. The van der Waals surface area contributed by atoms with Gasteiger partial charge in [-0.25, -0.2) is 0 Å². The van der Waals surface area contributed by atoms with Gasteiger partial charge in [-0.05, 0) is 48.2 Å². The molecule has 0 spiro atoms. The third kappa shape index (κ3) is 5.13. The van der Waals surface area contributed by atoms with Crippen LogP contribution in [-0.4, -0.2) is 33.4 Å². The Morgan fingerprint density at radius 1 is 1.15 bits per heavy atom. The summed E-state index contributed by atoms with van der Waals surface area (Å²) in [6.07, 6.45) is 1.39. The molecule has 0 saturated carbocycles. The highest BCUT2D eigenvalue weighted by atomic mass is 35.5. The number of non-ortho nitro benzene ring substituents is 1. The zero-order chi connectivity index (χ0) is 23.5. The summed E-state index contributed by atoms with van der Waals surface area (Å²) >= 11 is 6.50. The number of thioether (sulfide) groups is 1. The molecule has 0 unspecified atom stereocenters. The van der Waals surface area contributed by atoms with Crippen LogP contribution in [0.4, 0.5) is 16.2 Å². The molecule has 1 N–H and O–H groups in total. The predicted octanol–water partition coefficient (Wildman–Crippen LogP) is 5.18. The summed E-state index contributed by atoms with van der Waals surface area (Å²) in [4.78, 5) is 48.6. The molecule has 1 aliphatic heterocycles. The number of benzene rings is 2. The molecule has 11 heteroatoms. The second-order valence-corrected chi connectivity index (χ2v) is 8.26. The van der Waals surface area contributed by atoms with Crippen LogP contribution in [0.1, 0.15) is 5.76 Å². The Morgan fingerprint density at radius 3 is 2.64 bits per heavy atom. The number of nitrogens with zero attached hydrogens (tertiary/aromatic N) is 2. The zero-order valence-electron chi connectivity index (χ0n) is 16.7. The van der Waals surface area contributed by atoms with E-state index in [2.05, 4.69) is 5.32 Å². The number of hydrogen-bond donors (Lipinski definition) is 1. The van der Waals surface area contributed by atoms with Gasteiger partial charge in [-0.15, -0.1) is 0 Å². The Hall–Kier alpha value is -3.89. The average molecular weight is 484 g/mol. The van der Waals surface area contributed by atoms with Gasteiger partial charge in [-0.1, -0.05) is 23.7 Å². The van der Waals surface area contributed by atoms with Gasteiger partial charge in [-0.2, -0.15) is 0 Å². The number of nitro groups is 1. The summed E-state index contributed by atoms with van der Waals surface area (Å²) in [7, 11) is 0. The molecular formula is C22H14ClN3O6S. The Bertz CT molecular complexity index is 1300. The molecule has 2 heterocycles. The normalized spacial score (nSPS) is 14.7. The molecule has 1 fully saturated rings. The molecule has 0 bridgehead atoms. The fourth-order valence-corrected chi connectivity index (χ4v) is 3.95. The number of nitrogens with one attached hydrogen (secondary N) is 1. The van der Waals surface area contributed by atoms with Crippen LogP contribution in [0.3, 0.4) is 0 Å². The van der Waals surface area contributed by atoms with E-state index in [0.29, 0.717) is 33.8 Å². The summed E-state index contributed by atoms with van der Waals surface area (Å²) in [5, 5.41) is 13.5. The van der Waals surface area contributed by atoms with Crippen LogP contribution < -0.4 is 5.32 Å². The van der Waals surface area contributed by atoms with Crippen molar-refractivity contribution >= 4 is 57.9 Å². The first-order valence-electron chi connectivity index (χ1n) is 9.45. The molecule has 166 valence electrons. The van der Waals surface area contributed by atoms with Crippen LogP contribution >= 0.6 is 23.4 Å². The molecule has 9 nitrogen and oxygen atoms in total. The van der Waals surface area contributed by atoms with Gasteiger partial charge in [0.1, 0.15) is 18.1 Å². The van der Waals surface area contributed by atoms with Crippen LogP contribution in [0.2, 0.25) is 5.02 Å². The Labute approximate surface area is 196 Å². The summed E-state index contributed by atoms with van der Waals surface area (Å²) in [5.41, 5.74) is 0.899. The van der Waals surface area contributed by atoms with E-state index in [1.165, 1.54) is 24.3 Å². The van der Waals surface area contributed by atoms with Crippen molar-refractivity contribution in [2.75, 3.05) is 11.9 Å². The van der Waals surface area contributed by atoms with Crippen molar-refractivity contribution in [2.45, 2.75) is 0 Å². The lowest BCUT2D eigenvalue weighted by Gasteiger charge is -2.12. The lowest BCUT2D eigenvalue weighted by atomic mass is 10.1. The minimum atomic E-state index is -0.621. The topological polar surface area (TPSA) is 123 Å². The van der Waals surface area contributed by atoms with E-state index in [0.717, 1.165) is 4.90 Å². The molecule has 1 aromatic heterocycles. The number of anilines is 1. The van der Waals surface area contributed by atoms with Crippen molar-refractivity contribution in [3.63, 3.8) is 0 Å². The molecule has 33 heavy (non-hydrogen) atoms. The number of hydrogen-bond acceptors (Lipinski definition) is 7. The van der Waals surface area contributed by atoms with Gasteiger partial charge in [0.2, 0.25) is 5.91 Å². The Morgan fingerprint density at radius 2 is 1.91 bits per heavy atom. The van der Waals surface area contributed by atoms with Crippen molar-refractivity contribution < 1.29 is 23.7 Å². The number of rotatable bonds is 6. The number of nitro benzene ring substituents is 1. The lowest BCUT2D eigenvalue weighted by molar-refractivity contribution is -0.384. The van der Waals surface area contributed by atoms with E-state index in [-0.39, 0.29) is 16.4 Å². The summed E-state index contributed by atoms with van der Waals surface area (Å²) in [6.45, 7) is -0.443. The Kier molecular flexibility index (Phi) is 6.29. The maximum Gasteiger partial charge on any atom is 0.294 e. The maximum atomic E-state index is 12.7. The summed E-state index contributed by atoms with van der Waals surface area (Å²) < 4.78 is 5.67. The standard InChI is InChI=1S/C22H14ClN3O6S/c23-14-4-6-15(7-5-14)24-20(27)12-25-21(28)19(33-22(25)29)11-17-8-9-18(32-17)13-2-1-3-16(10-13)26(30)31/h1-11H,12H2,(H,24,27)/b19-11+. The van der Waals surface area contributed by atoms with Crippen molar-refractivity contribution in [3.8, 4) is 11.3 Å². The maximum absolute atomic E-state index is 12.7. The molecule has 0 radical (unpaired) electrons. The van der Waals surface area contributed by atoms with Gasteiger partial charge in [0.05, 0.1) is 9.83 Å². The minimum absolute atomic E-state index is 0.0801. The van der Waals surface area contributed by atoms with Crippen LogP contribution in [-0.2, 0) is 9.59 Å². The molecule has 4 rings (SSSR count). The first kappa shape index (κ1) is 22.3. The average Bonchev–Trinajstić information content (AvgIpc) is 3.36. The zero-order valence-corrected chi connectivity index (χ0v) is 18.3. The molecule has 3 amide bonds. The van der Waals surface area contributed by atoms with Crippen molar-refractivity contribution in [1.82, 2.24) is 4.90 Å². The number of carbonyl (C=O) groups is 3. The minimum Gasteiger partial charge on any atom is -0.457 e. The molecule has 1 saturated heterocycles. The molecule has 3 aromatic rings. The molecular weight excluding hydrogens is 470 g/mol. The van der Waals surface area contributed by atoms with E-state index < -0.39 is 28.5 Å². The lowest BCUT2D eigenvalue weighted by Crippen LogP contribution is -2.36. The predicted molar refractivity (Wildman–Crippen MR) is 124 cm³/mol. The van der Waals surface area contributed by atoms with Gasteiger partial charge >= 0.3 is 0 Å². The number of furan rings is 1. The largest absolute Gasteiger partial charge is 0.457 e. The number of halogens is 1. The summed E-state index contributed by atoms with van der Waals surface area (Å²) in [6, 6.07) is 15.5. The highest BCUT2D eigenvalue weighted by Crippen LogP contribution is 2.33. The highest BCUT2D eigenvalue weighted by molar-refractivity contribution is 8.18. The SMILES string of the molecule is O=C(CN1C(=O)S/C(=C/c2ccc(-c3cccc([N+](=O)[O-])c3)o2)C1=O)Nc1ccc(Cl)cc1. The van der Waals surface area contributed by atoms with Gasteiger partial charge < -0.3 is 9.73 Å². The third-order valence-electron chi connectivity index (χ3n) is 4.54. The van der Waals surface area contributed by atoms with E-state index in [1.807, 2.05) is 0 Å². The van der Waals surface area contributed by atoms with Gasteiger partial charge in [0, 0.05) is 34.5 Å². The van der Waals surface area contributed by atoms with Crippen molar-refractivity contribution in [1.29, 1.82) is 0 Å². The van der Waals surface area contributed by atoms with Crippen molar-refractivity contribution in [2.24, 2.45) is 0 Å². The van der Waals surface area contributed by atoms with Gasteiger partial charge in [0.15, 0.2) is 0 Å². The molecule has 0 atom stereocenters. The van der Waals surface area contributed by atoms with E-state index in [9.17, 15) is 24.5 Å². The van der Waals surface area contributed by atoms with E-state index in [4.69, 9.17) is 16.0 Å². The fourth-order valence-electron chi connectivity index (χ4n) is 3.00. The van der Waals surface area contributed by atoms with Crippen molar-refractivity contribution in [3.05, 3.63) is 86.5 Å².